The Labute approximate surface area is 115 Å². The van der Waals surface area contributed by atoms with E-state index in [0.717, 1.165) is 17.0 Å². The summed E-state index contributed by atoms with van der Waals surface area (Å²) in [5.74, 6) is -0.241. The average Bonchev–Trinajstić information content (AvgIpc) is 3.22. The maximum atomic E-state index is 13.1. The largest absolute Gasteiger partial charge is 0.310 e. The van der Waals surface area contributed by atoms with Gasteiger partial charge in [0.05, 0.1) is 0 Å². The van der Waals surface area contributed by atoms with Gasteiger partial charge in [-0.15, -0.1) is 0 Å². The summed E-state index contributed by atoms with van der Waals surface area (Å²) in [4.78, 5) is 9.39. The van der Waals surface area contributed by atoms with Crippen LogP contribution in [0.5, 0.6) is 0 Å². The Morgan fingerprint density at radius 3 is 2.74 bits per heavy atom. The lowest BCUT2D eigenvalue weighted by Gasteiger charge is -2.03. The Kier molecular flexibility index (Phi) is 3.75. The van der Waals surface area contributed by atoms with Gasteiger partial charge >= 0.3 is 0 Å². The van der Waals surface area contributed by atoms with Crippen LogP contribution in [0.25, 0.3) is 0 Å². The molecule has 1 N–H and O–H groups in total. The molecule has 1 aromatic carbocycles. The number of hydrogen-bond acceptors (Lipinski definition) is 4. The fourth-order valence-corrected chi connectivity index (χ4v) is 2.41. The van der Waals surface area contributed by atoms with Crippen molar-refractivity contribution in [2.75, 3.05) is 0 Å². The molecule has 0 bridgehead atoms. The maximum Gasteiger partial charge on any atom is 0.192 e. The van der Waals surface area contributed by atoms with Crippen LogP contribution >= 0.6 is 11.8 Å². The summed E-state index contributed by atoms with van der Waals surface area (Å²) in [6, 6.07) is 7.13. The zero-order valence-electron chi connectivity index (χ0n) is 10.3. The molecule has 2 aromatic rings. The van der Waals surface area contributed by atoms with Crippen molar-refractivity contribution < 1.29 is 4.39 Å². The lowest BCUT2D eigenvalue weighted by Crippen LogP contribution is -2.15. The molecule has 19 heavy (non-hydrogen) atoms. The Hall–Kier alpha value is -1.46. The summed E-state index contributed by atoms with van der Waals surface area (Å²) in [7, 11) is 0. The van der Waals surface area contributed by atoms with Crippen LogP contribution in [0.1, 0.15) is 18.4 Å². The molecule has 1 aromatic heterocycles. The van der Waals surface area contributed by atoms with Crippen LogP contribution < -0.4 is 5.32 Å². The summed E-state index contributed by atoms with van der Waals surface area (Å²) >= 11 is 1.36. The van der Waals surface area contributed by atoms with Crippen LogP contribution in [0.3, 0.4) is 0 Å². The molecule has 0 amide bonds. The number of halogens is 1. The molecule has 1 aliphatic carbocycles. The van der Waals surface area contributed by atoms with E-state index < -0.39 is 0 Å². The molecule has 0 spiro atoms. The minimum absolute atomic E-state index is 0.241. The van der Waals surface area contributed by atoms with Gasteiger partial charge in [-0.3, -0.25) is 0 Å². The van der Waals surface area contributed by atoms with Crippen molar-refractivity contribution in [2.24, 2.45) is 0 Å². The smallest absolute Gasteiger partial charge is 0.192 e. The second-order valence-corrected chi connectivity index (χ2v) is 5.63. The van der Waals surface area contributed by atoms with Crippen LogP contribution in [0.15, 0.2) is 46.7 Å². The molecule has 1 fully saturated rings. The van der Waals surface area contributed by atoms with Crippen molar-refractivity contribution >= 4 is 11.8 Å². The van der Waals surface area contributed by atoms with Gasteiger partial charge in [-0.05, 0) is 42.8 Å². The number of hydrogen-bond donors (Lipinski definition) is 1. The first-order valence-electron chi connectivity index (χ1n) is 6.27. The van der Waals surface area contributed by atoms with Gasteiger partial charge in [-0.1, -0.05) is 6.07 Å². The van der Waals surface area contributed by atoms with Crippen molar-refractivity contribution in [1.29, 1.82) is 0 Å². The highest BCUT2D eigenvalue weighted by atomic mass is 32.2. The lowest BCUT2D eigenvalue weighted by atomic mass is 10.3. The normalized spacial score (nSPS) is 14.6. The van der Waals surface area contributed by atoms with Gasteiger partial charge in [0.1, 0.15) is 5.82 Å². The van der Waals surface area contributed by atoms with Crippen LogP contribution in [0.4, 0.5) is 4.39 Å². The fraction of sp³-hybridized carbons (Fsp3) is 0.286. The first kappa shape index (κ1) is 12.6. The van der Waals surface area contributed by atoms with E-state index in [9.17, 15) is 4.39 Å². The molecule has 98 valence electrons. The third kappa shape index (κ3) is 3.75. The monoisotopic (exact) mass is 275 g/mol. The first-order chi connectivity index (χ1) is 9.29. The topological polar surface area (TPSA) is 37.8 Å². The molecule has 0 unspecified atom stereocenters. The summed E-state index contributed by atoms with van der Waals surface area (Å²) in [6.45, 7) is 0.815. The van der Waals surface area contributed by atoms with E-state index in [2.05, 4.69) is 15.3 Å². The van der Waals surface area contributed by atoms with Crippen molar-refractivity contribution in [3.05, 3.63) is 48.0 Å². The highest BCUT2D eigenvalue weighted by Gasteiger charge is 2.19. The molecule has 5 heteroatoms. The molecule has 0 atom stereocenters. The SMILES string of the molecule is Fc1cccc(Sc2ncc(CNC3CC3)cn2)c1. The van der Waals surface area contributed by atoms with Crippen LogP contribution in [-0.4, -0.2) is 16.0 Å². The van der Waals surface area contributed by atoms with Crippen LogP contribution in [0.2, 0.25) is 0 Å². The summed E-state index contributed by atoms with van der Waals surface area (Å²) in [5, 5.41) is 4.05. The highest BCUT2D eigenvalue weighted by molar-refractivity contribution is 7.99. The number of rotatable bonds is 5. The molecule has 1 aliphatic rings. The minimum atomic E-state index is -0.241. The third-order valence-corrected chi connectivity index (χ3v) is 3.74. The van der Waals surface area contributed by atoms with E-state index in [1.165, 1.54) is 36.7 Å². The molecule has 3 rings (SSSR count). The molecular weight excluding hydrogens is 261 g/mol. The van der Waals surface area contributed by atoms with E-state index in [0.29, 0.717) is 11.2 Å². The third-order valence-electron chi connectivity index (χ3n) is 2.86. The van der Waals surface area contributed by atoms with Gasteiger partial charge in [0, 0.05) is 35.4 Å². The summed E-state index contributed by atoms with van der Waals surface area (Å²) in [5.41, 5.74) is 1.08. The molecule has 0 aliphatic heterocycles. The van der Waals surface area contributed by atoms with E-state index >= 15 is 0 Å². The van der Waals surface area contributed by atoms with Crippen LogP contribution in [-0.2, 0) is 6.54 Å². The van der Waals surface area contributed by atoms with Crippen LogP contribution in [0, 0.1) is 5.82 Å². The molecule has 1 heterocycles. The quantitative estimate of drug-likeness (QED) is 0.851. The fourth-order valence-electron chi connectivity index (χ4n) is 1.67. The predicted octanol–water partition coefficient (Wildman–Crippen LogP) is 3.02. The van der Waals surface area contributed by atoms with Gasteiger partial charge in [-0.25, -0.2) is 14.4 Å². The van der Waals surface area contributed by atoms with Crippen molar-refractivity contribution in [3.8, 4) is 0 Å². The number of aromatic nitrogens is 2. The van der Waals surface area contributed by atoms with Crippen molar-refractivity contribution in [2.45, 2.75) is 35.5 Å². The highest BCUT2D eigenvalue weighted by Crippen LogP contribution is 2.24. The van der Waals surface area contributed by atoms with Crippen molar-refractivity contribution in [1.82, 2.24) is 15.3 Å². The Balaban J connectivity index is 1.61. The molecule has 1 saturated carbocycles. The summed E-state index contributed by atoms with van der Waals surface area (Å²) < 4.78 is 13.1. The Morgan fingerprint density at radius 2 is 2.05 bits per heavy atom. The Morgan fingerprint density at radius 1 is 1.26 bits per heavy atom. The predicted molar refractivity (Wildman–Crippen MR) is 72.4 cm³/mol. The van der Waals surface area contributed by atoms with Gasteiger partial charge in [0.25, 0.3) is 0 Å². The van der Waals surface area contributed by atoms with Crippen molar-refractivity contribution in [3.63, 3.8) is 0 Å². The maximum absolute atomic E-state index is 13.1. The summed E-state index contributed by atoms with van der Waals surface area (Å²) in [6.07, 6.45) is 6.19. The minimum Gasteiger partial charge on any atom is -0.310 e. The first-order valence-corrected chi connectivity index (χ1v) is 7.09. The molecule has 3 nitrogen and oxygen atoms in total. The second kappa shape index (κ2) is 5.67. The van der Waals surface area contributed by atoms with E-state index in [4.69, 9.17) is 0 Å². The standard InChI is InChI=1S/C14H14FN3S/c15-11-2-1-3-13(6-11)19-14-17-8-10(9-18-14)7-16-12-4-5-12/h1-3,6,8-9,12,16H,4-5,7H2. The zero-order valence-corrected chi connectivity index (χ0v) is 11.2. The Bertz CT molecular complexity index is 555. The molecule has 0 radical (unpaired) electrons. The molecular formula is C14H14FN3S. The number of benzene rings is 1. The van der Waals surface area contributed by atoms with Gasteiger partial charge in [0.15, 0.2) is 5.16 Å². The number of nitrogens with zero attached hydrogens (tertiary/aromatic N) is 2. The van der Waals surface area contributed by atoms with E-state index in [1.807, 2.05) is 18.5 Å². The van der Waals surface area contributed by atoms with E-state index in [-0.39, 0.29) is 5.82 Å². The average molecular weight is 275 g/mol. The second-order valence-electron chi connectivity index (χ2n) is 4.59. The lowest BCUT2D eigenvalue weighted by molar-refractivity contribution is 0.624. The zero-order chi connectivity index (χ0) is 13.1. The molecule has 0 saturated heterocycles. The van der Waals surface area contributed by atoms with Gasteiger partial charge in [0.2, 0.25) is 0 Å². The number of nitrogens with one attached hydrogen (secondary N) is 1. The van der Waals surface area contributed by atoms with Gasteiger partial charge < -0.3 is 5.32 Å². The van der Waals surface area contributed by atoms with Gasteiger partial charge in [-0.2, -0.15) is 0 Å². The van der Waals surface area contributed by atoms with E-state index in [1.54, 1.807) is 6.07 Å².